The second kappa shape index (κ2) is 7.34. The van der Waals surface area contributed by atoms with Gasteiger partial charge in [0, 0.05) is 25.4 Å². The monoisotopic (exact) mass is 368 g/mol. The van der Waals surface area contributed by atoms with Crippen molar-refractivity contribution in [3.63, 3.8) is 0 Å². The molecule has 1 fully saturated rings. The molecule has 0 spiro atoms. The van der Waals surface area contributed by atoms with Crippen molar-refractivity contribution in [2.75, 3.05) is 25.2 Å². The predicted octanol–water partition coefficient (Wildman–Crippen LogP) is 2.62. The highest BCUT2D eigenvalue weighted by Crippen LogP contribution is 2.28. The number of benzene rings is 1. The van der Waals surface area contributed by atoms with E-state index in [9.17, 15) is 4.79 Å². The van der Waals surface area contributed by atoms with Crippen LogP contribution in [0.25, 0.3) is 22.6 Å². The maximum atomic E-state index is 11.5. The van der Waals surface area contributed by atoms with Crippen molar-refractivity contribution in [3.05, 3.63) is 42.1 Å². The molecule has 1 aliphatic heterocycles. The summed E-state index contributed by atoms with van der Waals surface area (Å²) in [6, 6.07) is 9.02. The predicted molar refractivity (Wildman–Crippen MR) is 98.7 cm³/mol. The van der Waals surface area contributed by atoms with Crippen molar-refractivity contribution in [1.29, 1.82) is 0 Å². The fraction of sp³-hybridized carbons (Fsp3) is 0.316. The number of fused-ring (bicyclic) bond motifs is 1. The normalized spacial score (nSPS) is 16.8. The Kier molecular flexibility index (Phi) is 4.74. The third kappa shape index (κ3) is 3.36. The molecule has 2 N–H and O–H groups in total. The van der Waals surface area contributed by atoms with Crippen LogP contribution in [0.1, 0.15) is 23.2 Å². The molecule has 1 aromatic carbocycles. The van der Waals surface area contributed by atoms with E-state index < -0.39 is 5.91 Å². The smallest absolute Gasteiger partial charge is 0.274 e. The number of ether oxygens (including phenoxy) is 1. The van der Waals surface area contributed by atoms with E-state index in [-0.39, 0.29) is 0 Å². The van der Waals surface area contributed by atoms with E-state index in [1.165, 1.54) is 0 Å². The van der Waals surface area contributed by atoms with Crippen LogP contribution in [0, 0.1) is 0 Å². The van der Waals surface area contributed by atoms with Crippen LogP contribution in [-0.4, -0.2) is 47.4 Å². The minimum atomic E-state index is -0.594. The van der Waals surface area contributed by atoms with Gasteiger partial charge in [0.05, 0.1) is 18.2 Å². The zero-order valence-electron chi connectivity index (χ0n) is 14.9. The van der Waals surface area contributed by atoms with Gasteiger partial charge in [0.25, 0.3) is 5.91 Å². The fourth-order valence-corrected chi connectivity index (χ4v) is 3.44. The summed E-state index contributed by atoms with van der Waals surface area (Å²) in [6.45, 7) is 1.66. The highest BCUT2D eigenvalue weighted by molar-refractivity contribution is 5.96. The first-order valence-electron chi connectivity index (χ1n) is 8.76. The number of methoxy groups -OCH3 is 1. The maximum absolute atomic E-state index is 11.5. The average molecular weight is 368 g/mol. The lowest BCUT2D eigenvalue weighted by molar-refractivity contribution is 0.0706. The Hall–Kier alpha value is -2.97. The number of aromatic nitrogens is 2. The topological polar surface area (TPSA) is 101 Å². The molecule has 0 aliphatic carbocycles. The highest BCUT2D eigenvalue weighted by Gasteiger charge is 2.25. The first kappa shape index (κ1) is 17.4. The Morgan fingerprint density at radius 3 is 3.04 bits per heavy atom. The van der Waals surface area contributed by atoms with Gasteiger partial charge >= 0.3 is 0 Å². The van der Waals surface area contributed by atoms with Gasteiger partial charge in [0.1, 0.15) is 11.3 Å². The molecule has 0 unspecified atom stereocenters. The number of nitrogens with zero attached hydrogens (tertiary/aromatic N) is 3. The fourth-order valence-electron chi connectivity index (χ4n) is 3.44. The van der Waals surface area contributed by atoms with Gasteiger partial charge in [-0.2, -0.15) is 0 Å². The summed E-state index contributed by atoms with van der Waals surface area (Å²) in [5, 5.41) is 8.75. The summed E-state index contributed by atoms with van der Waals surface area (Å²) >= 11 is 0. The molecule has 8 heteroatoms. The Morgan fingerprint density at radius 1 is 1.41 bits per heavy atom. The van der Waals surface area contributed by atoms with E-state index in [4.69, 9.17) is 14.4 Å². The Balaban J connectivity index is 1.59. The van der Waals surface area contributed by atoms with E-state index >= 15 is 0 Å². The molecular formula is C19H20N4O4. The zero-order chi connectivity index (χ0) is 18.8. The Labute approximate surface area is 155 Å². The number of hydrogen-bond donors (Lipinski definition) is 2. The zero-order valence-corrected chi connectivity index (χ0v) is 14.9. The third-order valence-corrected chi connectivity index (χ3v) is 4.78. The quantitative estimate of drug-likeness (QED) is 0.527. The van der Waals surface area contributed by atoms with Crippen LogP contribution < -0.4 is 10.4 Å². The molecule has 1 saturated heterocycles. The molecule has 0 radical (unpaired) electrons. The molecule has 1 aliphatic rings. The van der Waals surface area contributed by atoms with Crippen molar-refractivity contribution < 1.29 is 19.2 Å². The molecule has 3 aromatic rings. The van der Waals surface area contributed by atoms with Crippen LogP contribution in [0.4, 0.5) is 5.82 Å². The summed E-state index contributed by atoms with van der Waals surface area (Å²) in [5.74, 6) is 0.750. The molecule has 0 saturated carbocycles. The van der Waals surface area contributed by atoms with Gasteiger partial charge < -0.3 is 14.1 Å². The summed E-state index contributed by atoms with van der Waals surface area (Å²) in [6.07, 6.45) is 3.97. The third-order valence-electron chi connectivity index (χ3n) is 4.78. The van der Waals surface area contributed by atoms with Crippen LogP contribution in [0.15, 0.2) is 40.9 Å². The number of anilines is 1. The van der Waals surface area contributed by atoms with Crippen molar-refractivity contribution in [2.24, 2.45) is 0 Å². The van der Waals surface area contributed by atoms with E-state index in [0.717, 1.165) is 30.8 Å². The van der Waals surface area contributed by atoms with Crippen LogP contribution in [0.5, 0.6) is 0 Å². The molecule has 2 aromatic heterocycles. The first-order chi connectivity index (χ1) is 13.2. The van der Waals surface area contributed by atoms with Gasteiger partial charge in [0.15, 0.2) is 5.58 Å². The number of nitrogens with one attached hydrogen (secondary N) is 1. The lowest BCUT2D eigenvalue weighted by Crippen LogP contribution is -2.33. The van der Waals surface area contributed by atoms with Crippen LogP contribution in [0.3, 0.4) is 0 Å². The molecule has 1 amide bonds. The van der Waals surface area contributed by atoms with Crippen molar-refractivity contribution >= 4 is 22.8 Å². The number of hydrogen-bond acceptors (Lipinski definition) is 7. The second-order valence-electron chi connectivity index (χ2n) is 6.49. The van der Waals surface area contributed by atoms with Gasteiger partial charge in [-0.05, 0) is 43.2 Å². The summed E-state index contributed by atoms with van der Waals surface area (Å²) in [5.41, 5.74) is 3.76. The summed E-state index contributed by atoms with van der Waals surface area (Å²) in [7, 11) is 1.72. The lowest BCUT2D eigenvalue weighted by Gasteiger charge is -2.25. The van der Waals surface area contributed by atoms with Gasteiger partial charge in [-0.3, -0.25) is 10.0 Å². The largest absolute Gasteiger partial charge is 0.436 e. The summed E-state index contributed by atoms with van der Waals surface area (Å²) in [4.78, 5) is 22.8. The Morgan fingerprint density at radius 2 is 2.30 bits per heavy atom. The number of pyridine rings is 1. The van der Waals surface area contributed by atoms with Crippen molar-refractivity contribution in [2.45, 2.75) is 18.9 Å². The SMILES string of the molecule is COC[C@H]1CCCN1c1ccc(-c2nc3cc(C(=O)NO)ccc3o2)cn1. The molecule has 1 atom stereocenters. The van der Waals surface area contributed by atoms with E-state index in [0.29, 0.717) is 35.2 Å². The number of rotatable bonds is 5. The number of hydroxylamine groups is 1. The molecular weight excluding hydrogens is 348 g/mol. The number of oxazole rings is 1. The molecule has 8 nitrogen and oxygen atoms in total. The molecule has 27 heavy (non-hydrogen) atoms. The number of carbonyl (C=O) groups is 1. The summed E-state index contributed by atoms with van der Waals surface area (Å²) < 4.78 is 11.1. The molecule has 0 bridgehead atoms. The molecule has 140 valence electrons. The maximum Gasteiger partial charge on any atom is 0.274 e. The second-order valence-corrected chi connectivity index (χ2v) is 6.49. The van der Waals surface area contributed by atoms with Crippen molar-refractivity contribution in [3.8, 4) is 11.5 Å². The van der Waals surface area contributed by atoms with Crippen LogP contribution in [0.2, 0.25) is 0 Å². The Bertz CT molecular complexity index is 954. The van der Waals surface area contributed by atoms with Gasteiger partial charge in [-0.25, -0.2) is 15.4 Å². The highest BCUT2D eigenvalue weighted by atomic mass is 16.5. The van der Waals surface area contributed by atoms with E-state index in [1.54, 1.807) is 37.0 Å². The molecule has 4 rings (SSSR count). The van der Waals surface area contributed by atoms with Crippen LogP contribution in [-0.2, 0) is 4.74 Å². The lowest BCUT2D eigenvalue weighted by atomic mass is 10.2. The number of amides is 1. The minimum absolute atomic E-state index is 0.302. The van der Waals surface area contributed by atoms with E-state index in [2.05, 4.69) is 14.9 Å². The van der Waals surface area contributed by atoms with Gasteiger partial charge in [0.2, 0.25) is 5.89 Å². The first-order valence-corrected chi connectivity index (χ1v) is 8.76. The van der Waals surface area contributed by atoms with Crippen LogP contribution >= 0.6 is 0 Å². The van der Waals surface area contributed by atoms with Gasteiger partial charge in [-0.1, -0.05) is 0 Å². The molecule has 3 heterocycles. The van der Waals surface area contributed by atoms with Crippen molar-refractivity contribution in [1.82, 2.24) is 15.4 Å². The standard InChI is InChI=1S/C19H20N4O4/c1-26-11-14-3-2-8-23(14)17-7-5-13(10-20-17)19-21-15-9-12(18(24)22-25)4-6-16(15)27-19/h4-7,9-10,14,25H,2-3,8,11H2,1H3,(H,22,24)/t14-/m1/s1. The minimum Gasteiger partial charge on any atom is -0.436 e. The van der Waals surface area contributed by atoms with Gasteiger partial charge in [-0.15, -0.1) is 0 Å². The average Bonchev–Trinajstić information content (AvgIpc) is 3.34. The van der Waals surface area contributed by atoms with E-state index in [1.807, 2.05) is 12.1 Å². The number of carbonyl (C=O) groups excluding carboxylic acids is 1.